The van der Waals surface area contributed by atoms with Crippen molar-refractivity contribution in [1.82, 2.24) is 5.32 Å². The number of ether oxygens (including phenoxy) is 2. The summed E-state index contributed by atoms with van der Waals surface area (Å²) in [5.41, 5.74) is -2.45. The van der Waals surface area contributed by atoms with Crippen LogP contribution in [0.5, 0.6) is 0 Å². The Balaban J connectivity index is 5.78. The van der Waals surface area contributed by atoms with Gasteiger partial charge < -0.3 is 14.8 Å². The van der Waals surface area contributed by atoms with Gasteiger partial charge in [0.15, 0.2) is 0 Å². The summed E-state index contributed by atoms with van der Waals surface area (Å²) in [6.45, 7) is 1.83. The Morgan fingerprint density at radius 2 is 1.47 bits per heavy atom. The fourth-order valence-electron chi connectivity index (χ4n) is 2.21. The number of nitrogens with one attached hydrogen (secondary N) is 1. The molecule has 0 fully saturated rings. The van der Waals surface area contributed by atoms with Gasteiger partial charge in [0.25, 0.3) is 0 Å². The quantitative estimate of drug-likeness (QED) is 0.0802. The van der Waals surface area contributed by atoms with Crippen molar-refractivity contribution in [2.24, 2.45) is 0 Å². The van der Waals surface area contributed by atoms with E-state index in [0.717, 1.165) is 0 Å². The molecule has 0 aromatic carbocycles. The van der Waals surface area contributed by atoms with Crippen molar-refractivity contribution in [3.05, 3.63) is 12.2 Å². The van der Waals surface area contributed by atoms with Crippen LogP contribution in [0.1, 0.15) is 39.0 Å². The minimum absolute atomic E-state index is 0.0694. The lowest BCUT2D eigenvalue weighted by atomic mass is 10.1. The minimum atomic E-state index is -6.58. The third-order valence-corrected chi connectivity index (χ3v) is 5.20. The van der Waals surface area contributed by atoms with E-state index in [9.17, 15) is 61.9 Å². The van der Waals surface area contributed by atoms with Gasteiger partial charge in [-0.05, 0) is 19.3 Å². The topological polar surface area (TPSA) is 119 Å². The highest BCUT2D eigenvalue weighted by molar-refractivity contribution is 7.87. The summed E-state index contributed by atoms with van der Waals surface area (Å²) in [4.78, 5) is 23.8. The van der Waals surface area contributed by atoms with Gasteiger partial charge >= 0.3 is 51.3 Å². The molecule has 212 valence electrons. The number of alkyl halides is 10. The van der Waals surface area contributed by atoms with Gasteiger partial charge in [0.2, 0.25) is 0 Å². The first kappa shape index (κ1) is 33.8. The first-order valence-corrected chi connectivity index (χ1v) is 11.1. The molecule has 36 heavy (non-hydrogen) atoms. The smallest absolute Gasteiger partial charge is 0.412 e. The van der Waals surface area contributed by atoms with Crippen molar-refractivity contribution in [2.45, 2.75) is 68.3 Å². The average Bonchev–Trinajstić information content (AvgIpc) is 2.69. The second kappa shape index (κ2) is 11.9. The summed E-state index contributed by atoms with van der Waals surface area (Å²) in [6.07, 6.45) is -15.5. The van der Waals surface area contributed by atoms with Gasteiger partial charge in [0.1, 0.15) is 5.57 Å². The third-order valence-electron chi connectivity index (χ3n) is 4.25. The summed E-state index contributed by atoms with van der Waals surface area (Å²) in [5, 5.41) is -4.33. The molecule has 0 aromatic rings. The molecule has 8 nitrogen and oxygen atoms in total. The van der Waals surface area contributed by atoms with Crippen molar-refractivity contribution in [2.75, 3.05) is 13.2 Å². The number of halogens is 10. The van der Waals surface area contributed by atoms with Gasteiger partial charge in [0.05, 0.1) is 6.61 Å². The van der Waals surface area contributed by atoms with Gasteiger partial charge in [-0.15, -0.1) is 0 Å². The largest absolute Gasteiger partial charge is 0.466 e. The van der Waals surface area contributed by atoms with E-state index < -0.39 is 89.3 Å². The van der Waals surface area contributed by atoms with Crippen LogP contribution in [0.25, 0.3) is 0 Å². The van der Waals surface area contributed by atoms with Gasteiger partial charge in [0, 0.05) is 13.0 Å². The van der Waals surface area contributed by atoms with Gasteiger partial charge in [-0.3, -0.25) is 9.35 Å². The van der Waals surface area contributed by atoms with Crippen molar-refractivity contribution < 1.29 is 75.9 Å². The predicted molar refractivity (Wildman–Crippen MR) is 99.2 cm³/mol. The standard InChI is InChI=1S/C17H21F10NO7S/c1-3-4-8-28-12(30)14(16(23,24)25,35-11(29)10(2)15(20,21)22)34-9-6-5-7-13(18,19)17(26,27)36(31,32)33/h2-9H2,1H3,(H,28,30)(H,31,32,33). The van der Waals surface area contributed by atoms with E-state index in [1.165, 1.54) is 0 Å². The summed E-state index contributed by atoms with van der Waals surface area (Å²) in [7, 11) is -6.58. The molecule has 0 bridgehead atoms. The SMILES string of the molecule is C=C(C(=O)OC(OCCCCC(F)(F)C(F)(F)S(=O)(=O)O)(C(=O)NCCCC)C(F)(F)F)C(F)(F)F. The van der Waals surface area contributed by atoms with E-state index in [1.807, 2.05) is 0 Å². The Morgan fingerprint density at radius 1 is 0.944 bits per heavy atom. The van der Waals surface area contributed by atoms with Crippen LogP contribution in [0.3, 0.4) is 0 Å². The monoisotopic (exact) mass is 573 g/mol. The number of hydrogen-bond acceptors (Lipinski definition) is 6. The lowest BCUT2D eigenvalue weighted by molar-refractivity contribution is -0.347. The Labute approximate surface area is 197 Å². The molecule has 1 amide bonds. The second-order valence-corrected chi connectivity index (χ2v) is 8.55. The summed E-state index contributed by atoms with van der Waals surface area (Å²) in [5.74, 6) is -15.1. The highest BCUT2D eigenvalue weighted by Crippen LogP contribution is 2.42. The number of unbranched alkanes of at least 4 members (excludes halogenated alkanes) is 2. The first-order chi connectivity index (χ1) is 16.0. The molecule has 19 heteroatoms. The first-order valence-electron chi connectivity index (χ1n) is 9.69. The molecule has 2 N–H and O–H groups in total. The zero-order valence-corrected chi connectivity index (χ0v) is 19.1. The number of rotatable bonds is 14. The number of hydrogen-bond donors (Lipinski definition) is 2. The Kier molecular flexibility index (Phi) is 11.2. The molecule has 0 aromatic heterocycles. The van der Waals surface area contributed by atoms with E-state index in [4.69, 9.17) is 4.55 Å². The van der Waals surface area contributed by atoms with E-state index in [-0.39, 0.29) is 6.42 Å². The third kappa shape index (κ3) is 8.19. The highest BCUT2D eigenvalue weighted by Gasteiger charge is 2.67. The van der Waals surface area contributed by atoms with Crippen LogP contribution in [0, 0.1) is 0 Å². The van der Waals surface area contributed by atoms with Crippen molar-refractivity contribution in [3.8, 4) is 0 Å². The van der Waals surface area contributed by atoms with Crippen molar-refractivity contribution in [1.29, 1.82) is 0 Å². The molecule has 0 radical (unpaired) electrons. The van der Waals surface area contributed by atoms with Crippen LogP contribution in [-0.4, -0.2) is 67.3 Å². The van der Waals surface area contributed by atoms with E-state index in [1.54, 1.807) is 12.2 Å². The molecule has 0 aliphatic carbocycles. The molecular formula is C17H21F10NO7S. The van der Waals surface area contributed by atoms with Crippen LogP contribution in [0.2, 0.25) is 0 Å². The van der Waals surface area contributed by atoms with Gasteiger partial charge in [-0.25, -0.2) is 4.79 Å². The number of amides is 1. The predicted octanol–water partition coefficient (Wildman–Crippen LogP) is 4.13. The van der Waals surface area contributed by atoms with E-state index in [2.05, 4.69) is 16.1 Å². The molecule has 0 rings (SSSR count). The molecule has 1 unspecified atom stereocenters. The normalized spacial score (nSPS) is 15.2. The molecule has 0 saturated heterocycles. The van der Waals surface area contributed by atoms with Crippen LogP contribution < -0.4 is 5.32 Å². The average molecular weight is 573 g/mol. The molecule has 0 spiro atoms. The number of carbonyl (C=O) groups is 2. The van der Waals surface area contributed by atoms with Crippen LogP contribution in [0.4, 0.5) is 43.9 Å². The number of esters is 1. The van der Waals surface area contributed by atoms with Gasteiger partial charge in [-0.1, -0.05) is 19.9 Å². The second-order valence-electron chi connectivity index (χ2n) is 7.09. The molecule has 0 heterocycles. The number of carbonyl (C=O) groups excluding carboxylic acids is 2. The molecule has 0 aliphatic rings. The van der Waals surface area contributed by atoms with Crippen LogP contribution >= 0.6 is 0 Å². The summed E-state index contributed by atoms with van der Waals surface area (Å²) in [6, 6.07) is 0. The van der Waals surface area contributed by atoms with E-state index in [0.29, 0.717) is 6.42 Å². The van der Waals surface area contributed by atoms with Crippen LogP contribution in [0.15, 0.2) is 12.2 Å². The molecule has 0 aliphatic heterocycles. The van der Waals surface area contributed by atoms with Crippen LogP contribution in [-0.2, 0) is 29.2 Å². The van der Waals surface area contributed by atoms with Gasteiger partial charge in [-0.2, -0.15) is 52.3 Å². The maximum atomic E-state index is 13.8. The highest BCUT2D eigenvalue weighted by atomic mass is 32.2. The summed E-state index contributed by atoms with van der Waals surface area (Å²) >= 11 is 0. The summed E-state index contributed by atoms with van der Waals surface area (Å²) < 4.78 is 169. The maximum Gasteiger partial charge on any atom is 0.466 e. The van der Waals surface area contributed by atoms with Crippen molar-refractivity contribution in [3.63, 3.8) is 0 Å². The zero-order valence-electron chi connectivity index (χ0n) is 18.2. The Bertz CT molecular complexity index is 902. The Hall–Kier alpha value is -2.15. The molecule has 1 atom stereocenters. The van der Waals surface area contributed by atoms with Crippen molar-refractivity contribution >= 4 is 22.0 Å². The molecule has 0 saturated carbocycles. The maximum absolute atomic E-state index is 13.8. The fourth-order valence-corrected chi connectivity index (χ4v) is 2.69. The van der Waals surface area contributed by atoms with E-state index >= 15 is 0 Å². The molecular weight excluding hydrogens is 552 g/mol. The lowest BCUT2D eigenvalue weighted by Crippen LogP contribution is -2.62. The minimum Gasteiger partial charge on any atom is -0.412 e. The lowest BCUT2D eigenvalue weighted by Gasteiger charge is -2.33. The Morgan fingerprint density at radius 3 is 1.89 bits per heavy atom. The fraction of sp³-hybridized carbons (Fsp3) is 0.765. The zero-order chi connectivity index (χ0) is 28.8.